The maximum atomic E-state index is 11.9. The summed E-state index contributed by atoms with van der Waals surface area (Å²) in [4.78, 5) is 24.6. The molecule has 0 unspecified atom stereocenters. The summed E-state index contributed by atoms with van der Waals surface area (Å²) in [5, 5.41) is 9.74. The summed E-state index contributed by atoms with van der Waals surface area (Å²) in [6, 6.07) is 0. The van der Waals surface area contributed by atoms with Crippen LogP contribution in [-0.4, -0.2) is 27.6 Å². The lowest BCUT2D eigenvalue weighted by Gasteiger charge is -2.25. The molecule has 0 aliphatic carbocycles. The fourth-order valence-electron chi connectivity index (χ4n) is 1.72. The van der Waals surface area contributed by atoms with E-state index < -0.39 is 17.6 Å². The summed E-state index contributed by atoms with van der Waals surface area (Å²) in [6.45, 7) is 9.11. The van der Waals surface area contributed by atoms with Gasteiger partial charge in [-0.05, 0) is 33.1 Å². The molecule has 0 aromatic heterocycles. The summed E-state index contributed by atoms with van der Waals surface area (Å²) in [6.07, 6.45) is -0.370. The number of ether oxygens (including phenoxy) is 1. The largest absolute Gasteiger partial charge is 0.510 e. The predicted molar refractivity (Wildman–Crippen MR) is 66.8 cm³/mol. The number of rotatable bonds is 2. The molecule has 18 heavy (non-hydrogen) atoms. The third kappa shape index (κ3) is 3.48. The molecule has 0 saturated heterocycles. The van der Waals surface area contributed by atoms with Gasteiger partial charge in [0.15, 0.2) is 0 Å². The van der Waals surface area contributed by atoms with Crippen LogP contribution < -0.4 is 0 Å². The number of aliphatic hydroxyl groups excluding tert-OH is 1. The molecule has 2 amide bonds. The highest BCUT2D eigenvalue weighted by Crippen LogP contribution is 2.29. The first-order valence-electron chi connectivity index (χ1n) is 6.08. The molecular weight excluding hydrogens is 234 g/mol. The standard InChI is InChI=1S/C13H21NO4/c1-8(2)6-9-10(15)7-11(16)14(9)12(17)18-13(3,4)5/h8,15H,6-7H2,1-5H3. The van der Waals surface area contributed by atoms with Gasteiger partial charge in [-0.1, -0.05) is 13.8 Å². The van der Waals surface area contributed by atoms with Gasteiger partial charge in [-0.3, -0.25) is 4.79 Å². The molecule has 1 heterocycles. The molecule has 0 aromatic carbocycles. The highest BCUT2D eigenvalue weighted by molar-refractivity contribution is 5.97. The molecule has 0 saturated carbocycles. The van der Waals surface area contributed by atoms with Gasteiger partial charge in [0.1, 0.15) is 11.4 Å². The second-order valence-corrected chi connectivity index (χ2v) is 5.88. The first-order chi connectivity index (χ1) is 8.11. The van der Waals surface area contributed by atoms with Crippen molar-refractivity contribution in [3.63, 3.8) is 0 Å². The summed E-state index contributed by atoms with van der Waals surface area (Å²) >= 11 is 0. The van der Waals surface area contributed by atoms with Crippen LogP contribution in [0, 0.1) is 5.92 Å². The molecule has 0 atom stereocenters. The van der Waals surface area contributed by atoms with E-state index in [0.717, 1.165) is 4.90 Å². The van der Waals surface area contributed by atoms with Gasteiger partial charge in [-0.15, -0.1) is 0 Å². The van der Waals surface area contributed by atoms with E-state index in [9.17, 15) is 14.7 Å². The van der Waals surface area contributed by atoms with Crippen molar-refractivity contribution >= 4 is 12.0 Å². The second kappa shape index (κ2) is 5.00. The Kier molecular flexibility index (Phi) is 4.04. The van der Waals surface area contributed by atoms with Crippen molar-refractivity contribution < 1.29 is 19.4 Å². The maximum Gasteiger partial charge on any atom is 0.421 e. The molecule has 0 radical (unpaired) electrons. The molecule has 1 aliphatic heterocycles. The molecule has 0 spiro atoms. The van der Waals surface area contributed by atoms with Crippen molar-refractivity contribution in [3.05, 3.63) is 11.5 Å². The smallest absolute Gasteiger partial charge is 0.421 e. The molecule has 5 heteroatoms. The molecule has 1 aliphatic rings. The minimum Gasteiger partial charge on any atom is -0.510 e. The summed E-state index contributed by atoms with van der Waals surface area (Å²) in [5.41, 5.74) is -0.303. The summed E-state index contributed by atoms with van der Waals surface area (Å²) in [5.74, 6) is -0.227. The number of aliphatic hydroxyl groups is 1. The van der Waals surface area contributed by atoms with Crippen LogP contribution in [0.4, 0.5) is 4.79 Å². The van der Waals surface area contributed by atoms with Crippen molar-refractivity contribution in [2.75, 3.05) is 0 Å². The minimum atomic E-state index is -0.716. The first kappa shape index (κ1) is 14.5. The maximum absolute atomic E-state index is 11.9. The van der Waals surface area contributed by atoms with Gasteiger partial charge in [0.25, 0.3) is 0 Å². The lowest BCUT2D eigenvalue weighted by atomic mass is 10.1. The molecule has 0 bridgehead atoms. The van der Waals surface area contributed by atoms with E-state index in [1.807, 2.05) is 13.8 Å². The van der Waals surface area contributed by atoms with Gasteiger partial charge in [0.05, 0.1) is 12.1 Å². The number of imide groups is 1. The van der Waals surface area contributed by atoms with Crippen molar-refractivity contribution in [1.82, 2.24) is 4.90 Å². The molecule has 0 fully saturated rings. The van der Waals surface area contributed by atoms with Crippen molar-refractivity contribution in [3.8, 4) is 0 Å². The molecular formula is C13H21NO4. The van der Waals surface area contributed by atoms with Gasteiger partial charge >= 0.3 is 6.09 Å². The van der Waals surface area contributed by atoms with Crippen LogP contribution >= 0.6 is 0 Å². The van der Waals surface area contributed by atoms with Crippen LogP contribution in [0.15, 0.2) is 11.5 Å². The fraction of sp³-hybridized carbons (Fsp3) is 0.692. The van der Waals surface area contributed by atoms with E-state index in [-0.39, 0.29) is 18.1 Å². The van der Waals surface area contributed by atoms with E-state index in [0.29, 0.717) is 12.1 Å². The zero-order valence-electron chi connectivity index (χ0n) is 11.6. The highest BCUT2D eigenvalue weighted by atomic mass is 16.6. The number of nitrogens with zero attached hydrogens (tertiary/aromatic N) is 1. The lowest BCUT2D eigenvalue weighted by Crippen LogP contribution is -2.37. The first-order valence-corrected chi connectivity index (χ1v) is 6.08. The number of carbonyl (C=O) groups is 2. The van der Waals surface area contributed by atoms with Crippen LogP contribution in [0.5, 0.6) is 0 Å². The number of hydrogen-bond donors (Lipinski definition) is 1. The Balaban J connectivity index is 2.91. The Morgan fingerprint density at radius 2 is 2.00 bits per heavy atom. The number of carbonyl (C=O) groups excluding carboxylic acids is 2. The Morgan fingerprint density at radius 1 is 1.44 bits per heavy atom. The van der Waals surface area contributed by atoms with Gasteiger partial charge in [0.2, 0.25) is 5.91 Å². The van der Waals surface area contributed by atoms with E-state index in [1.165, 1.54) is 0 Å². The number of amides is 2. The van der Waals surface area contributed by atoms with Crippen LogP contribution in [0.2, 0.25) is 0 Å². The van der Waals surface area contributed by atoms with E-state index >= 15 is 0 Å². The van der Waals surface area contributed by atoms with Gasteiger partial charge in [-0.25, -0.2) is 9.69 Å². The topological polar surface area (TPSA) is 66.8 Å². The zero-order chi connectivity index (χ0) is 14.1. The SMILES string of the molecule is CC(C)CC1=C(O)CC(=O)N1C(=O)OC(C)(C)C. The predicted octanol–water partition coefficient (Wildman–Crippen LogP) is 2.97. The Morgan fingerprint density at radius 3 is 2.44 bits per heavy atom. The van der Waals surface area contributed by atoms with E-state index in [4.69, 9.17) is 4.74 Å². The van der Waals surface area contributed by atoms with Crippen LogP contribution in [0.25, 0.3) is 0 Å². The van der Waals surface area contributed by atoms with Crippen molar-refractivity contribution in [2.24, 2.45) is 5.92 Å². The monoisotopic (exact) mass is 255 g/mol. The van der Waals surface area contributed by atoms with E-state index in [1.54, 1.807) is 20.8 Å². The van der Waals surface area contributed by atoms with Gasteiger partial charge in [-0.2, -0.15) is 0 Å². The fourth-order valence-corrected chi connectivity index (χ4v) is 1.72. The van der Waals surface area contributed by atoms with Crippen LogP contribution in [-0.2, 0) is 9.53 Å². The summed E-state index contributed by atoms with van der Waals surface area (Å²) < 4.78 is 5.17. The number of allylic oxidation sites excluding steroid dienone is 1. The van der Waals surface area contributed by atoms with Crippen molar-refractivity contribution in [1.29, 1.82) is 0 Å². The molecule has 102 valence electrons. The van der Waals surface area contributed by atoms with Gasteiger partial charge < -0.3 is 9.84 Å². The lowest BCUT2D eigenvalue weighted by molar-refractivity contribution is -0.126. The average Bonchev–Trinajstić information content (AvgIpc) is 2.37. The molecule has 0 aromatic rings. The second-order valence-electron chi connectivity index (χ2n) is 5.88. The Hall–Kier alpha value is -1.52. The zero-order valence-corrected chi connectivity index (χ0v) is 11.6. The van der Waals surface area contributed by atoms with Crippen LogP contribution in [0.3, 0.4) is 0 Å². The molecule has 5 nitrogen and oxygen atoms in total. The minimum absolute atomic E-state index is 0.0282. The van der Waals surface area contributed by atoms with Gasteiger partial charge in [0, 0.05) is 0 Å². The van der Waals surface area contributed by atoms with Crippen LogP contribution in [0.1, 0.15) is 47.5 Å². The quantitative estimate of drug-likeness (QED) is 0.823. The van der Waals surface area contributed by atoms with Crippen molar-refractivity contribution in [2.45, 2.75) is 53.1 Å². The average molecular weight is 255 g/mol. The molecule has 1 N–H and O–H groups in total. The third-order valence-electron chi connectivity index (χ3n) is 2.35. The summed E-state index contributed by atoms with van der Waals surface area (Å²) in [7, 11) is 0. The Labute approximate surface area is 107 Å². The normalized spacial score (nSPS) is 16.8. The third-order valence-corrected chi connectivity index (χ3v) is 2.35. The highest BCUT2D eigenvalue weighted by Gasteiger charge is 2.37. The Bertz CT molecular complexity index is 390. The molecule has 1 rings (SSSR count). The number of hydrogen-bond acceptors (Lipinski definition) is 4. The van der Waals surface area contributed by atoms with E-state index in [2.05, 4.69) is 0 Å².